The number of rotatable bonds is 4. The zero-order valence-electron chi connectivity index (χ0n) is 12.5. The lowest BCUT2D eigenvalue weighted by Crippen LogP contribution is -2.53. The summed E-state index contributed by atoms with van der Waals surface area (Å²) in [6.45, 7) is 8.54. The number of hydrogen-bond acceptors (Lipinski definition) is 2. The molecule has 4 heteroatoms. The van der Waals surface area contributed by atoms with E-state index in [1.54, 1.807) is 12.1 Å². The monoisotopic (exact) mass is 298 g/mol. The highest BCUT2D eigenvalue weighted by atomic mass is 35.5. The first-order valence-electron chi connectivity index (χ1n) is 7.49. The lowest BCUT2D eigenvalue weighted by Gasteiger charge is -2.44. The molecular formula is C16H24ClFN2. The minimum absolute atomic E-state index is 0.225. The quantitative estimate of drug-likeness (QED) is 0.901. The summed E-state index contributed by atoms with van der Waals surface area (Å²) in [5, 5.41) is 4.06. The van der Waals surface area contributed by atoms with E-state index in [-0.39, 0.29) is 5.82 Å². The Morgan fingerprint density at radius 3 is 2.80 bits per heavy atom. The van der Waals surface area contributed by atoms with Crippen LogP contribution in [-0.2, 0) is 0 Å². The molecular weight excluding hydrogens is 275 g/mol. The summed E-state index contributed by atoms with van der Waals surface area (Å²) in [4.78, 5) is 2.17. The second kappa shape index (κ2) is 6.77. The number of anilines is 1. The van der Waals surface area contributed by atoms with E-state index >= 15 is 0 Å². The van der Waals surface area contributed by atoms with Crippen LogP contribution < -0.4 is 10.2 Å². The second-order valence-electron chi connectivity index (χ2n) is 5.74. The first kappa shape index (κ1) is 15.6. The van der Waals surface area contributed by atoms with Crippen molar-refractivity contribution < 1.29 is 4.39 Å². The minimum atomic E-state index is -0.225. The Bertz CT molecular complexity index is 452. The van der Waals surface area contributed by atoms with Crippen molar-refractivity contribution in [3.8, 4) is 0 Å². The molecule has 1 N–H and O–H groups in total. The molecule has 0 bridgehead atoms. The maximum Gasteiger partial charge on any atom is 0.147 e. The molecule has 0 aromatic heterocycles. The van der Waals surface area contributed by atoms with E-state index in [4.69, 9.17) is 11.6 Å². The van der Waals surface area contributed by atoms with Gasteiger partial charge in [-0.1, -0.05) is 25.4 Å². The number of hydrogen-bond donors (Lipinski definition) is 1. The Hall–Kier alpha value is -0.800. The molecule has 112 valence electrons. The topological polar surface area (TPSA) is 15.3 Å². The molecule has 20 heavy (non-hydrogen) atoms. The smallest absolute Gasteiger partial charge is 0.147 e. The highest BCUT2D eigenvalue weighted by molar-refractivity contribution is 6.30. The van der Waals surface area contributed by atoms with E-state index < -0.39 is 0 Å². The molecule has 1 aliphatic rings. The molecule has 0 radical (unpaired) electrons. The molecule has 1 fully saturated rings. The van der Waals surface area contributed by atoms with Gasteiger partial charge in [0, 0.05) is 23.7 Å². The summed E-state index contributed by atoms with van der Waals surface area (Å²) in [7, 11) is 0. The van der Waals surface area contributed by atoms with Crippen molar-refractivity contribution in [1.29, 1.82) is 0 Å². The molecule has 2 rings (SSSR count). The van der Waals surface area contributed by atoms with Gasteiger partial charge in [-0.3, -0.25) is 0 Å². The molecule has 0 spiro atoms. The third kappa shape index (κ3) is 3.26. The lowest BCUT2D eigenvalue weighted by molar-refractivity contribution is 0.270. The van der Waals surface area contributed by atoms with Crippen LogP contribution in [0, 0.1) is 11.7 Å². The van der Waals surface area contributed by atoms with Gasteiger partial charge in [-0.15, -0.1) is 0 Å². The highest BCUT2D eigenvalue weighted by Crippen LogP contribution is 2.31. The first-order chi connectivity index (χ1) is 9.54. The van der Waals surface area contributed by atoms with Crippen molar-refractivity contribution in [1.82, 2.24) is 5.32 Å². The van der Waals surface area contributed by atoms with Crippen LogP contribution in [0.5, 0.6) is 0 Å². The molecule has 0 aliphatic carbocycles. The van der Waals surface area contributed by atoms with Crippen LogP contribution in [0.4, 0.5) is 10.1 Å². The second-order valence-corrected chi connectivity index (χ2v) is 6.17. The largest absolute Gasteiger partial charge is 0.366 e. The van der Waals surface area contributed by atoms with Gasteiger partial charge in [0.25, 0.3) is 0 Å². The predicted molar refractivity (Wildman–Crippen MR) is 84.1 cm³/mol. The Morgan fingerprint density at radius 2 is 2.15 bits per heavy atom. The summed E-state index contributed by atoms with van der Waals surface area (Å²) in [6, 6.07) is 5.79. The van der Waals surface area contributed by atoms with Gasteiger partial charge in [-0.05, 0) is 50.4 Å². The van der Waals surface area contributed by atoms with Crippen molar-refractivity contribution in [3.05, 3.63) is 29.0 Å². The number of piperidine rings is 1. The summed E-state index contributed by atoms with van der Waals surface area (Å²) in [5.41, 5.74) is 0.669. The maximum absolute atomic E-state index is 14.1. The van der Waals surface area contributed by atoms with E-state index in [0.29, 0.717) is 28.7 Å². The van der Waals surface area contributed by atoms with Gasteiger partial charge in [-0.2, -0.15) is 0 Å². The molecule has 1 aromatic carbocycles. The van der Waals surface area contributed by atoms with Crippen LogP contribution in [0.25, 0.3) is 0 Å². The summed E-state index contributed by atoms with van der Waals surface area (Å²) < 4.78 is 14.1. The van der Waals surface area contributed by atoms with Crippen LogP contribution in [0.3, 0.4) is 0 Å². The normalized spacial score (nSPS) is 26.9. The fourth-order valence-electron chi connectivity index (χ4n) is 3.04. The number of benzene rings is 1. The van der Waals surface area contributed by atoms with Crippen molar-refractivity contribution in [3.63, 3.8) is 0 Å². The average Bonchev–Trinajstić information content (AvgIpc) is 2.41. The van der Waals surface area contributed by atoms with Crippen LogP contribution in [0.15, 0.2) is 18.2 Å². The van der Waals surface area contributed by atoms with E-state index in [0.717, 1.165) is 25.9 Å². The molecule has 0 amide bonds. The SMILES string of the molecule is CCCNC1CCN(c2ccc(Cl)cc2F)C(C)C1C. The van der Waals surface area contributed by atoms with Gasteiger partial charge >= 0.3 is 0 Å². The summed E-state index contributed by atoms with van der Waals surface area (Å²) in [6.07, 6.45) is 2.20. The summed E-state index contributed by atoms with van der Waals surface area (Å²) >= 11 is 5.83. The Kier molecular flexibility index (Phi) is 5.28. The maximum atomic E-state index is 14.1. The predicted octanol–water partition coefficient (Wildman–Crippen LogP) is 4.08. The average molecular weight is 299 g/mol. The van der Waals surface area contributed by atoms with Gasteiger partial charge in [0.2, 0.25) is 0 Å². The van der Waals surface area contributed by atoms with Crippen molar-refractivity contribution >= 4 is 17.3 Å². The first-order valence-corrected chi connectivity index (χ1v) is 7.87. The van der Waals surface area contributed by atoms with Crippen LogP contribution in [0.2, 0.25) is 5.02 Å². The van der Waals surface area contributed by atoms with Crippen molar-refractivity contribution in [2.45, 2.75) is 45.7 Å². The van der Waals surface area contributed by atoms with Crippen LogP contribution in [0.1, 0.15) is 33.6 Å². The van der Waals surface area contributed by atoms with Gasteiger partial charge in [0.15, 0.2) is 0 Å². The molecule has 1 heterocycles. The zero-order valence-corrected chi connectivity index (χ0v) is 13.3. The Labute approximate surface area is 126 Å². The lowest BCUT2D eigenvalue weighted by atomic mass is 9.86. The van der Waals surface area contributed by atoms with Crippen molar-refractivity contribution in [2.24, 2.45) is 5.92 Å². The number of halogens is 2. The highest BCUT2D eigenvalue weighted by Gasteiger charge is 2.33. The van der Waals surface area contributed by atoms with E-state index in [1.807, 2.05) is 0 Å². The number of nitrogens with one attached hydrogen (secondary N) is 1. The molecule has 2 nitrogen and oxygen atoms in total. The molecule has 1 saturated heterocycles. The Balaban J connectivity index is 2.11. The van der Waals surface area contributed by atoms with E-state index in [2.05, 4.69) is 31.0 Å². The van der Waals surface area contributed by atoms with Gasteiger partial charge < -0.3 is 10.2 Å². The van der Waals surface area contributed by atoms with Crippen LogP contribution >= 0.6 is 11.6 Å². The molecule has 3 atom stereocenters. The number of nitrogens with zero attached hydrogens (tertiary/aromatic N) is 1. The van der Waals surface area contributed by atoms with Crippen LogP contribution in [-0.4, -0.2) is 25.2 Å². The third-order valence-electron chi connectivity index (χ3n) is 4.44. The third-order valence-corrected chi connectivity index (χ3v) is 4.68. The van der Waals surface area contributed by atoms with E-state index in [9.17, 15) is 4.39 Å². The Morgan fingerprint density at radius 1 is 1.40 bits per heavy atom. The fraction of sp³-hybridized carbons (Fsp3) is 0.625. The molecule has 3 unspecified atom stereocenters. The zero-order chi connectivity index (χ0) is 14.7. The van der Waals surface area contributed by atoms with Gasteiger partial charge in [-0.25, -0.2) is 4.39 Å². The molecule has 1 aromatic rings. The van der Waals surface area contributed by atoms with Gasteiger partial charge in [0.05, 0.1) is 5.69 Å². The van der Waals surface area contributed by atoms with E-state index in [1.165, 1.54) is 6.07 Å². The van der Waals surface area contributed by atoms with Gasteiger partial charge in [0.1, 0.15) is 5.82 Å². The fourth-order valence-corrected chi connectivity index (χ4v) is 3.20. The standard InChI is InChI=1S/C16H24ClFN2/c1-4-8-19-15-7-9-20(12(3)11(15)2)16-6-5-13(17)10-14(16)18/h5-6,10-12,15,19H,4,7-9H2,1-3H3. The van der Waals surface area contributed by atoms with Crippen molar-refractivity contribution in [2.75, 3.05) is 18.0 Å². The minimum Gasteiger partial charge on any atom is -0.366 e. The molecule has 0 saturated carbocycles. The summed E-state index contributed by atoms with van der Waals surface area (Å²) in [5.74, 6) is 0.266. The molecule has 1 aliphatic heterocycles.